The molecule has 140 valence electrons. The quantitative estimate of drug-likeness (QED) is 0.585. The Labute approximate surface area is 153 Å². The van der Waals surface area contributed by atoms with Crippen LogP contribution in [0.5, 0.6) is 0 Å². The second kappa shape index (κ2) is 7.20. The van der Waals surface area contributed by atoms with Gasteiger partial charge in [0.15, 0.2) is 0 Å². The SMILES string of the molecule is N[C@]12C[C@H]1C=CCCCCCNC(=O)c1cccc(c1)S(=O)(=O)NC2=O. The number of rotatable bonds is 0. The first kappa shape index (κ1) is 18.6. The van der Waals surface area contributed by atoms with Crippen LogP contribution >= 0.6 is 0 Å². The number of allylic oxidation sites excluding steroid dienone is 1. The van der Waals surface area contributed by atoms with Crippen LogP contribution in [0.15, 0.2) is 41.3 Å². The van der Waals surface area contributed by atoms with E-state index in [0.717, 1.165) is 25.7 Å². The van der Waals surface area contributed by atoms with Crippen molar-refractivity contribution in [2.75, 3.05) is 6.54 Å². The smallest absolute Gasteiger partial charge is 0.264 e. The summed E-state index contributed by atoms with van der Waals surface area (Å²) in [5.41, 5.74) is 5.10. The van der Waals surface area contributed by atoms with Crippen LogP contribution in [0.4, 0.5) is 0 Å². The van der Waals surface area contributed by atoms with Crippen molar-refractivity contribution in [1.29, 1.82) is 0 Å². The number of benzene rings is 1. The molecule has 4 N–H and O–H groups in total. The van der Waals surface area contributed by atoms with E-state index in [1.54, 1.807) is 0 Å². The van der Waals surface area contributed by atoms with Gasteiger partial charge in [0.2, 0.25) is 0 Å². The highest BCUT2D eigenvalue weighted by Crippen LogP contribution is 2.42. The molecule has 1 aromatic rings. The average Bonchev–Trinajstić information content (AvgIpc) is 3.28. The molecule has 2 aliphatic rings. The minimum atomic E-state index is -4.09. The molecular formula is C18H23N3O4S. The van der Waals surface area contributed by atoms with Gasteiger partial charge >= 0.3 is 0 Å². The highest BCUT2D eigenvalue weighted by Gasteiger charge is 2.56. The number of fused-ring (bicyclic) bond motifs is 3. The van der Waals surface area contributed by atoms with Crippen LogP contribution in [-0.4, -0.2) is 32.3 Å². The van der Waals surface area contributed by atoms with Crippen LogP contribution < -0.4 is 15.8 Å². The Morgan fingerprint density at radius 2 is 1.96 bits per heavy atom. The van der Waals surface area contributed by atoms with Crippen molar-refractivity contribution in [3.05, 3.63) is 42.0 Å². The van der Waals surface area contributed by atoms with Gasteiger partial charge in [0.25, 0.3) is 21.8 Å². The Morgan fingerprint density at radius 1 is 1.15 bits per heavy atom. The summed E-state index contributed by atoms with van der Waals surface area (Å²) in [6.07, 6.45) is 7.97. The van der Waals surface area contributed by atoms with Crippen LogP contribution in [0.2, 0.25) is 0 Å². The van der Waals surface area contributed by atoms with E-state index in [2.05, 4.69) is 5.32 Å². The molecule has 2 atom stereocenters. The standard InChI is InChI=1S/C18H23N3O4S/c19-18-12-14(18)8-4-2-1-3-5-10-20-16(22)13-7-6-9-15(11-13)26(24,25)21-17(18)23/h4,6-9,11,14H,1-3,5,10,12,19H2,(H,20,22)(H,21,23)/t14-,18-/m1/s1. The summed E-state index contributed by atoms with van der Waals surface area (Å²) in [4.78, 5) is 24.4. The van der Waals surface area contributed by atoms with Gasteiger partial charge in [0, 0.05) is 18.0 Å². The summed E-state index contributed by atoms with van der Waals surface area (Å²) in [5, 5.41) is 2.78. The van der Waals surface area contributed by atoms with Gasteiger partial charge in [-0.1, -0.05) is 24.6 Å². The van der Waals surface area contributed by atoms with Gasteiger partial charge < -0.3 is 11.1 Å². The Hall–Kier alpha value is -2.19. The molecule has 3 rings (SSSR count). The zero-order valence-electron chi connectivity index (χ0n) is 14.4. The molecule has 1 fully saturated rings. The van der Waals surface area contributed by atoms with Crippen molar-refractivity contribution in [2.24, 2.45) is 11.7 Å². The van der Waals surface area contributed by atoms with Crippen LogP contribution in [-0.2, 0) is 14.8 Å². The summed E-state index contributed by atoms with van der Waals surface area (Å²) in [5.74, 6) is -1.20. The number of nitrogens with one attached hydrogen (secondary N) is 2. The van der Waals surface area contributed by atoms with Crippen LogP contribution in [0.3, 0.4) is 0 Å². The predicted octanol–water partition coefficient (Wildman–Crippen LogP) is 1.07. The Bertz CT molecular complexity index is 850. The van der Waals surface area contributed by atoms with Crippen molar-refractivity contribution in [3.63, 3.8) is 0 Å². The molecular weight excluding hydrogens is 354 g/mol. The molecule has 0 aromatic heterocycles. The Kier molecular flexibility index (Phi) is 5.15. The normalized spacial score (nSPS) is 29.0. The second-order valence-electron chi connectivity index (χ2n) is 6.85. The van der Waals surface area contributed by atoms with E-state index in [0.29, 0.717) is 13.0 Å². The molecule has 2 amide bonds. The van der Waals surface area contributed by atoms with E-state index in [1.807, 2.05) is 16.9 Å². The number of amides is 2. The molecule has 0 saturated heterocycles. The lowest BCUT2D eigenvalue weighted by Crippen LogP contribution is -2.46. The summed E-state index contributed by atoms with van der Waals surface area (Å²) in [6.45, 7) is 0.533. The summed E-state index contributed by atoms with van der Waals surface area (Å²) < 4.78 is 27.0. The Morgan fingerprint density at radius 3 is 2.77 bits per heavy atom. The van der Waals surface area contributed by atoms with Crippen molar-refractivity contribution >= 4 is 21.8 Å². The first-order chi connectivity index (χ1) is 12.3. The minimum absolute atomic E-state index is 0.140. The highest BCUT2D eigenvalue weighted by molar-refractivity contribution is 7.90. The fourth-order valence-corrected chi connectivity index (χ4v) is 4.11. The van der Waals surface area contributed by atoms with Gasteiger partial charge in [-0.05, 0) is 43.9 Å². The summed E-state index contributed by atoms with van der Waals surface area (Å²) in [6, 6.07) is 5.61. The van der Waals surface area contributed by atoms with Crippen molar-refractivity contribution in [2.45, 2.75) is 42.5 Å². The first-order valence-corrected chi connectivity index (χ1v) is 10.2. The maximum Gasteiger partial charge on any atom is 0.264 e. The molecule has 1 aromatic carbocycles. The molecule has 1 aliphatic heterocycles. The van der Waals surface area contributed by atoms with Gasteiger partial charge in [-0.15, -0.1) is 0 Å². The molecule has 0 spiro atoms. The van der Waals surface area contributed by atoms with Gasteiger partial charge in [0.1, 0.15) is 5.54 Å². The molecule has 1 saturated carbocycles. The molecule has 1 heterocycles. The highest BCUT2D eigenvalue weighted by atomic mass is 32.2. The van der Waals surface area contributed by atoms with Crippen LogP contribution in [0, 0.1) is 5.92 Å². The number of carbonyl (C=O) groups excluding carboxylic acids is 2. The number of hydrogen-bond acceptors (Lipinski definition) is 5. The van der Waals surface area contributed by atoms with Crippen molar-refractivity contribution in [1.82, 2.24) is 10.0 Å². The molecule has 2 bridgehead atoms. The largest absolute Gasteiger partial charge is 0.352 e. The fraction of sp³-hybridized carbons (Fsp3) is 0.444. The zero-order chi connectivity index (χ0) is 18.8. The average molecular weight is 377 g/mol. The fourth-order valence-electron chi connectivity index (χ4n) is 3.01. The number of sulfonamides is 1. The minimum Gasteiger partial charge on any atom is -0.352 e. The third-order valence-electron chi connectivity index (χ3n) is 4.82. The van der Waals surface area contributed by atoms with E-state index >= 15 is 0 Å². The van der Waals surface area contributed by atoms with E-state index in [4.69, 9.17) is 5.73 Å². The van der Waals surface area contributed by atoms with E-state index in [9.17, 15) is 18.0 Å². The number of hydrogen-bond donors (Lipinski definition) is 3. The van der Waals surface area contributed by atoms with E-state index in [-0.39, 0.29) is 22.3 Å². The molecule has 0 unspecified atom stereocenters. The summed E-state index contributed by atoms with van der Waals surface area (Å²) in [7, 11) is -4.09. The van der Waals surface area contributed by atoms with E-state index in [1.165, 1.54) is 24.3 Å². The van der Waals surface area contributed by atoms with Gasteiger partial charge in [-0.3, -0.25) is 9.59 Å². The molecule has 1 aliphatic carbocycles. The lowest BCUT2D eigenvalue weighted by Gasteiger charge is -2.12. The zero-order valence-corrected chi connectivity index (χ0v) is 15.2. The van der Waals surface area contributed by atoms with E-state index < -0.39 is 21.5 Å². The van der Waals surface area contributed by atoms with Crippen LogP contribution in [0.1, 0.15) is 42.5 Å². The summed E-state index contributed by atoms with van der Waals surface area (Å²) >= 11 is 0. The first-order valence-electron chi connectivity index (χ1n) is 8.74. The van der Waals surface area contributed by atoms with Gasteiger partial charge in [0.05, 0.1) is 4.90 Å². The van der Waals surface area contributed by atoms with Gasteiger partial charge in [-0.2, -0.15) is 0 Å². The molecule has 7 nitrogen and oxygen atoms in total. The lowest BCUT2D eigenvalue weighted by molar-refractivity contribution is -0.121. The predicted molar refractivity (Wildman–Crippen MR) is 96.7 cm³/mol. The topological polar surface area (TPSA) is 118 Å². The Balaban J connectivity index is 1.87. The van der Waals surface area contributed by atoms with Gasteiger partial charge in [-0.25, -0.2) is 13.1 Å². The third kappa shape index (κ3) is 3.96. The monoisotopic (exact) mass is 377 g/mol. The molecule has 0 radical (unpaired) electrons. The number of carbonyl (C=O) groups is 2. The maximum absolute atomic E-state index is 12.5. The number of nitrogens with two attached hydrogens (primary N) is 1. The van der Waals surface area contributed by atoms with Crippen LogP contribution in [0.25, 0.3) is 0 Å². The molecule has 8 heteroatoms. The lowest BCUT2D eigenvalue weighted by atomic mass is 10.1. The molecule has 26 heavy (non-hydrogen) atoms. The maximum atomic E-state index is 12.5. The van der Waals surface area contributed by atoms with Crippen molar-refractivity contribution in [3.8, 4) is 0 Å². The van der Waals surface area contributed by atoms with Crippen molar-refractivity contribution < 1.29 is 18.0 Å². The third-order valence-corrected chi connectivity index (χ3v) is 6.15. The second-order valence-corrected chi connectivity index (χ2v) is 8.53.